The number of hydrogen-bond acceptors (Lipinski definition) is 6. The van der Waals surface area contributed by atoms with Crippen LogP contribution in [0, 0.1) is 16.0 Å². The smallest absolute Gasteiger partial charge is 0.270 e. The van der Waals surface area contributed by atoms with Gasteiger partial charge in [0, 0.05) is 25.8 Å². The second-order valence-electron chi connectivity index (χ2n) is 4.40. The van der Waals surface area contributed by atoms with Crippen molar-refractivity contribution in [1.29, 1.82) is 0 Å². The van der Waals surface area contributed by atoms with Gasteiger partial charge in [0.05, 0.1) is 22.8 Å². The zero-order valence-electron chi connectivity index (χ0n) is 11.4. The Labute approximate surface area is 116 Å². The van der Waals surface area contributed by atoms with Crippen molar-refractivity contribution in [3.63, 3.8) is 0 Å². The highest BCUT2D eigenvalue weighted by molar-refractivity contribution is 6.00. The van der Waals surface area contributed by atoms with Crippen molar-refractivity contribution in [1.82, 2.24) is 5.32 Å². The molecule has 0 bridgehead atoms. The van der Waals surface area contributed by atoms with Gasteiger partial charge in [0.25, 0.3) is 11.6 Å². The largest absolute Gasteiger partial charge is 0.384 e. The van der Waals surface area contributed by atoms with E-state index in [1.165, 1.54) is 18.2 Å². The first-order valence-corrected chi connectivity index (χ1v) is 6.01. The number of rotatable bonds is 7. The first kappa shape index (κ1) is 15.9. The molecule has 8 heteroatoms. The molecule has 1 aromatic rings. The van der Waals surface area contributed by atoms with Crippen LogP contribution in [0.15, 0.2) is 18.2 Å². The van der Waals surface area contributed by atoms with E-state index >= 15 is 0 Å². The number of nitrogens with zero attached hydrogens (tertiary/aromatic N) is 1. The van der Waals surface area contributed by atoms with Gasteiger partial charge in [0.1, 0.15) is 0 Å². The van der Waals surface area contributed by atoms with Crippen molar-refractivity contribution >= 4 is 17.3 Å². The fraction of sp³-hybridized carbons (Fsp3) is 0.417. The number of amides is 1. The molecule has 0 radical (unpaired) electrons. The number of non-ortho nitro benzene ring substituents is 1. The number of carbonyl (C=O) groups excluding carboxylic acids is 1. The van der Waals surface area contributed by atoms with Crippen LogP contribution in [-0.4, -0.2) is 31.1 Å². The number of methoxy groups -OCH3 is 1. The number of benzene rings is 1. The van der Waals surface area contributed by atoms with E-state index in [0.29, 0.717) is 18.8 Å². The van der Waals surface area contributed by atoms with Gasteiger partial charge in [0.2, 0.25) is 0 Å². The molecule has 110 valence electrons. The van der Waals surface area contributed by atoms with Crippen LogP contribution in [0.2, 0.25) is 0 Å². The summed E-state index contributed by atoms with van der Waals surface area (Å²) in [5.74, 6) is 5.01. The van der Waals surface area contributed by atoms with E-state index in [-0.39, 0.29) is 17.2 Å². The first-order valence-electron chi connectivity index (χ1n) is 6.01. The van der Waals surface area contributed by atoms with Gasteiger partial charge in [0.15, 0.2) is 0 Å². The molecule has 1 aromatic carbocycles. The molecule has 0 aliphatic heterocycles. The monoisotopic (exact) mass is 282 g/mol. The summed E-state index contributed by atoms with van der Waals surface area (Å²) >= 11 is 0. The summed E-state index contributed by atoms with van der Waals surface area (Å²) in [7, 11) is 1.58. The summed E-state index contributed by atoms with van der Waals surface area (Å²) in [4.78, 5) is 22.2. The Kier molecular flexibility index (Phi) is 5.88. The molecule has 1 unspecified atom stereocenters. The van der Waals surface area contributed by atoms with Gasteiger partial charge in [-0.05, 0) is 12.0 Å². The lowest BCUT2D eigenvalue weighted by Gasteiger charge is -2.13. The lowest BCUT2D eigenvalue weighted by molar-refractivity contribution is -0.384. The molecule has 0 spiro atoms. The minimum atomic E-state index is -0.565. The highest BCUT2D eigenvalue weighted by atomic mass is 16.6. The maximum absolute atomic E-state index is 12.0. The number of nitro groups is 1. The minimum Gasteiger partial charge on any atom is -0.384 e. The maximum atomic E-state index is 12.0. The number of ether oxygens (including phenoxy) is 1. The molecule has 0 aliphatic rings. The van der Waals surface area contributed by atoms with Gasteiger partial charge in [-0.15, -0.1) is 0 Å². The lowest BCUT2D eigenvalue weighted by atomic mass is 10.1. The molecule has 4 N–H and O–H groups in total. The Hall–Kier alpha value is -2.19. The van der Waals surface area contributed by atoms with Crippen molar-refractivity contribution in [3.05, 3.63) is 33.9 Å². The molecule has 1 atom stereocenters. The van der Waals surface area contributed by atoms with E-state index < -0.39 is 10.8 Å². The maximum Gasteiger partial charge on any atom is 0.270 e. The summed E-state index contributed by atoms with van der Waals surface area (Å²) in [5.41, 5.74) is 2.64. The first-order chi connectivity index (χ1) is 9.49. The summed E-state index contributed by atoms with van der Waals surface area (Å²) in [6.45, 7) is 2.83. The number of carbonyl (C=O) groups is 1. The van der Waals surface area contributed by atoms with E-state index in [0.717, 1.165) is 0 Å². The van der Waals surface area contributed by atoms with Crippen LogP contribution in [0.4, 0.5) is 11.4 Å². The van der Waals surface area contributed by atoms with Crippen LogP contribution in [0.3, 0.4) is 0 Å². The molecule has 0 fully saturated rings. The van der Waals surface area contributed by atoms with Crippen molar-refractivity contribution in [2.24, 2.45) is 11.8 Å². The fourth-order valence-electron chi connectivity index (χ4n) is 1.67. The van der Waals surface area contributed by atoms with Crippen LogP contribution >= 0.6 is 0 Å². The Morgan fingerprint density at radius 2 is 2.25 bits per heavy atom. The zero-order valence-corrected chi connectivity index (χ0v) is 11.4. The Balaban J connectivity index is 2.84. The Morgan fingerprint density at radius 1 is 1.55 bits per heavy atom. The number of nitrogen functional groups attached to an aromatic ring is 1. The van der Waals surface area contributed by atoms with E-state index in [1.54, 1.807) is 7.11 Å². The fourth-order valence-corrected chi connectivity index (χ4v) is 1.67. The molecule has 1 amide bonds. The number of hydrogen-bond donors (Lipinski definition) is 3. The quantitative estimate of drug-likeness (QED) is 0.388. The van der Waals surface area contributed by atoms with Crippen LogP contribution < -0.4 is 16.6 Å². The number of nitrogens with two attached hydrogens (primary N) is 1. The van der Waals surface area contributed by atoms with Gasteiger partial charge in [-0.2, -0.15) is 0 Å². The minimum absolute atomic E-state index is 0.131. The molecule has 20 heavy (non-hydrogen) atoms. The van der Waals surface area contributed by atoms with Crippen molar-refractivity contribution in [2.75, 3.05) is 25.7 Å². The molecule has 1 rings (SSSR count). The van der Waals surface area contributed by atoms with E-state index in [4.69, 9.17) is 10.6 Å². The second kappa shape index (κ2) is 7.41. The SMILES string of the molecule is COCC(C)CNC(=O)c1cc([N+](=O)[O-])ccc1NN. The molecular formula is C12H18N4O4. The van der Waals surface area contributed by atoms with Crippen LogP contribution in [0.25, 0.3) is 0 Å². The van der Waals surface area contributed by atoms with Gasteiger partial charge in [-0.3, -0.25) is 20.8 Å². The van der Waals surface area contributed by atoms with Crippen molar-refractivity contribution in [2.45, 2.75) is 6.92 Å². The predicted molar refractivity (Wildman–Crippen MR) is 74.3 cm³/mol. The van der Waals surface area contributed by atoms with Gasteiger partial charge in [-0.1, -0.05) is 6.92 Å². The Morgan fingerprint density at radius 3 is 2.80 bits per heavy atom. The summed E-state index contributed by atoms with van der Waals surface area (Å²) in [5, 5.41) is 13.4. The van der Waals surface area contributed by atoms with Gasteiger partial charge in [-0.25, -0.2) is 0 Å². The predicted octanol–water partition coefficient (Wildman–Crippen LogP) is 0.893. The van der Waals surface area contributed by atoms with Crippen LogP contribution in [0.1, 0.15) is 17.3 Å². The van der Waals surface area contributed by atoms with Gasteiger partial charge < -0.3 is 15.5 Å². The summed E-state index contributed by atoms with van der Waals surface area (Å²) < 4.78 is 4.96. The van der Waals surface area contributed by atoms with Gasteiger partial charge >= 0.3 is 0 Å². The third-order valence-corrected chi connectivity index (χ3v) is 2.68. The Bertz CT molecular complexity index is 492. The summed E-state index contributed by atoms with van der Waals surface area (Å²) in [6, 6.07) is 3.86. The number of nitrogens with one attached hydrogen (secondary N) is 2. The average molecular weight is 282 g/mol. The molecule has 8 nitrogen and oxygen atoms in total. The molecule has 0 saturated heterocycles. The average Bonchev–Trinajstić information content (AvgIpc) is 2.44. The number of nitro benzene ring substituents is 1. The van der Waals surface area contributed by atoms with Crippen molar-refractivity contribution in [3.8, 4) is 0 Å². The van der Waals surface area contributed by atoms with E-state index in [9.17, 15) is 14.9 Å². The third kappa shape index (κ3) is 4.18. The highest BCUT2D eigenvalue weighted by Crippen LogP contribution is 2.21. The molecule has 0 aromatic heterocycles. The lowest BCUT2D eigenvalue weighted by Crippen LogP contribution is -2.30. The number of anilines is 1. The number of hydrazine groups is 1. The van der Waals surface area contributed by atoms with Crippen LogP contribution in [-0.2, 0) is 4.74 Å². The standard InChI is InChI=1S/C12H18N4O4/c1-8(7-20-2)6-14-12(17)10-5-9(16(18)19)3-4-11(10)15-13/h3-5,8,15H,6-7,13H2,1-2H3,(H,14,17). The van der Waals surface area contributed by atoms with E-state index in [1.807, 2.05) is 6.92 Å². The molecule has 0 heterocycles. The van der Waals surface area contributed by atoms with Crippen molar-refractivity contribution < 1.29 is 14.5 Å². The normalized spacial score (nSPS) is 11.8. The zero-order chi connectivity index (χ0) is 15.1. The van der Waals surface area contributed by atoms with E-state index in [2.05, 4.69) is 10.7 Å². The molecular weight excluding hydrogens is 264 g/mol. The summed E-state index contributed by atoms with van der Waals surface area (Å²) in [6.07, 6.45) is 0. The third-order valence-electron chi connectivity index (χ3n) is 2.68. The highest BCUT2D eigenvalue weighted by Gasteiger charge is 2.16. The van der Waals surface area contributed by atoms with Crippen LogP contribution in [0.5, 0.6) is 0 Å². The molecule has 0 aliphatic carbocycles. The molecule has 0 saturated carbocycles. The topological polar surface area (TPSA) is 120 Å². The second-order valence-corrected chi connectivity index (χ2v) is 4.40.